The Bertz CT molecular complexity index is 344. The summed E-state index contributed by atoms with van der Waals surface area (Å²) >= 11 is 0. The summed E-state index contributed by atoms with van der Waals surface area (Å²) in [6.45, 7) is 8.44. The minimum absolute atomic E-state index is 0.213. The van der Waals surface area contributed by atoms with Gasteiger partial charge < -0.3 is 10.1 Å². The van der Waals surface area contributed by atoms with Crippen LogP contribution < -0.4 is 5.32 Å². The monoisotopic (exact) mass is 237 g/mol. The van der Waals surface area contributed by atoms with Crippen molar-refractivity contribution in [2.45, 2.75) is 37.8 Å². The fraction of sp³-hybridized carbons (Fsp3) is 0.571. The molecule has 1 saturated carbocycles. The minimum Gasteiger partial charge on any atom is -0.372 e. The highest BCUT2D eigenvalue weighted by Gasteiger charge is 2.26. The molecule has 0 aromatic carbocycles. The lowest BCUT2D eigenvalue weighted by atomic mass is 9.92. The lowest BCUT2D eigenvalue weighted by molar-refractivity contribution is 0.0637. The summed E-state index contributed by atoms with van der Waals surface area (Å²) in [5, 5.41) is 3.42. The fourth-order valence-corrected chi connectivity index (χ4v) is 2.34. The predicted octanol–water partition coefficient (Wildman–Crippen LogP) is 2.88. The van der Waals surface area contributed by atoms with Crippen LogP contribution >= 0.6 is 0 Å². The third kappa shape index (κ3) is 2.85. The molecule has 0 radical (unpaired) electrons. The highest BCUT2D eigenvalue weighted by molar-refractivity contribution is 5.39. The van der Waals surface area contributed by atoms with E-state index >= 15 is 0 Å². The Balaban J connectivity index is 2.02. The molecule has 94 valence electrons. The fourth-order valence-electron chi connectivity index (χ4n) is 2.34. The van der Waals surface area contributed by atoms with Gasteiger partial charge in [0.05, 0.1) is 12.7 Å². The van der Waals surface area contributed by atoms with E-state index in [4.69, 9.17) is 4.74 Å². The second-order valence-electron chi connectivity index (χ2n) is 4.69. The topological polar surface area (TPSA) is 21.3 Å². The molecule has 2 rings (SSSR count). The van der Waals surface area contributed by atoms with Crippen LogP contribution in [0.2, 0.25) is 0 Å². The first-order valence-corrected chi connectivity index (χ1v) is 6.27. The Hall–Kier alpha value is -0.930. The lowest BCUT2D eigenvalue weighted by Gasteiger charge is -2.32. The minimum atomic E-state index is -0.389. The summed E-state index contributed by atoms with van der Waals surface area (Å²) in [6, 6.07) is 0.585. The van der Waals surface area contributed by atoms with Crippen LogP contribution in [0.4, 0.5) is 4.39 Å². The second-order valence-corrected chi connectivity index (χ2v) is 4.69. The summed E-state index contributed by atoms with van der Waals surface area (Å²) in [5.74, 6) is -0.389. The third-order valence-electron chi connectivity index (χ3n) is 3.59. The van der Waals surface area contributed by atoms with Gasteiger partial charge in [-0.05, 0) is 24.8 Å². The van der Waals surface area contributed by atoms with E-state index in [0.29, 0.717) is 24.8 Å². The van der Waals surface area contributed by atoms with E-state index in [1.165, 1.54) is 19.3 Å². The Labute approximate surface area is 102 Å². The summed E-state index contributed by atoms with van der Waals surface area (Å²) < 4.78 is 19.1. The van der Waals surface area contributed by atoms with Gasteiger partial charge in [0.2, 0.25) is 0 Å². The molecule has 0 aromatic heterocycles. The van der Waals surface area contributed by atoms with Crippen LogP contribution in [0.15, 0.2) is 36.2 Å². The first-order chi connectivity index (χ1) is 8.22. The molecule has 2 aliphatic rings. The van der Waals surface area contributed by atoms with Gasteiger partial charge >= 0.3 is 0 Å². The van der Waals surface area contributed by atoms with Crippen molar-refractivity contribution in [1.29, 1.82) is 0 Å². The van der Waals surface area contributed by atoms with E-state index < -0.39 is 0 Å². The van der Waals surface area contributed by atoms with Gasteiger partial charge in [0, 0.05) is 18.2 Å². The number of ether oxygens (including phenoxy) is 1. The van der Waals surface area contributed by atoms with Crippen molar-refractivity contribution in [2.75, 3.05) is 13.2 Å². The van der Waals surface area contributed by atoms with Gasteiger partial charge in [-0.25, -0.2) is 4.39 Å². The maximum Gasteiger partial charge on any atom is 0.122 e. The maximum absolute atomic E-state index is 13.5. The van der Waals surface area contributed by atoms with Crippen molar-refractivity contribution in [2.24, 2.45) is 0 Å². The van der Waals surface area contributed by atoms with Crippen molar-refractivity contribution in [3.8, 4) is 0 Å². The van der Waals surface area contributed by atoms with Crippen LogP contribution in [0.3, 0.4) is 0 Å². The van der Waals surface area contributed by atoms with Crippen LogP contribution in [0.1, 0.15) is 25.7 Å². The maximum atomic E-state index is 13.5. The molecule has 2 nitrogen and oxygen atoms in total. The third-order valence-corrected chi connectivity index (χ3v) is 3.59. The van der Waals surface area contributed by atoms with Crippen LogP contribution in [0.5, 0.6) is 0 Å². The Kier molecular flexibility index (Phi) is 4.13. The van der Waals surface area contributed by atoms with Gasteiger partial charge in [0.15, 0.2) is 0 Å². The SMILES string of the molecule is C=CC1=C(C(=C)F)[C@@H](CNC2CCC2)OCC1. The molecule has 0 spiro atoms. The summed E-state index contributed by atoms with van der Waals surface area (Å²) in [5.41, 5.74) is 1.53. The average Bonchev–Trinajstić information content (AvgIpc) is 2.26. The summed E-state index contributed by atoms with van der Waals surface area (Å²) in [6.07, 6.45) is 5.96. The summed E-state index contributed by atoms with van der Waals surface area (Å²) in [7, 11) is 0. The molecule has 1 heterocycles. The van der Waals surface area contributed by atoms with E-state index in [1.54, 1.807) is 6.08 Å². The molecular formula is C14H20FNO. The van der Waals surface area contributed by atoms with Gasteiger partial charge in [-0.2, -0.15) is 0 Å². The number of nitrogens with one attached hydrogen (secondary N) is 1. The Morgan fingerprint density at radius 3 is 2.82 bits per heavy atom. The first kappa shape index (κ1) is 12.5. The first-order valence-electron chi connectivity index (χ1n) is 6.27. The van der Waals surface area contributed by atoms with Gasteiger partial charge in [-0.15, -0.1) is 0 Å². The zero-order valence-corrected chi connectivity index (χ0v) is 10.2. The highest BCUT2D eigenvalue weighted by atomic mass is 19.1. The van der Waals surface area contributed by atoms with E-state index in [1.807, 2.05) is 0 Å². The van der Waals surface area contributed by atoms with Gasteiger partial charge in [0.1, 0.15) is 5.83 Å². The van der Waals surface area contributed by atoms with Gasteiger partial charge in [0.25, 0.3) is 0 Å². The largest absolute Gasteiger partial charge is 0.372 e. The van der Waals surface area contributed by atoms with E-state index in [9.17, 15) is 4.39 Å². The number of hydrogen-bond donors (Lipinski definition) is 1. The molecule has 0 aromatic rings. The molecule has 0 saturated heterocycles. The predicted molar refractivity (Wildman–Crippen MR) is 67.5 cm³/mol. The van der Waals surface area contributed by atoms with E-state index in [0.717, 1.165) is 12.0 Å². The Morgan fingerprint density at radius 1 is 1.53 bits per heavy atom. The highest BCUT2D eigenvalue weighted by Crippen LogP contribution is 2.28. The number of halogens is 1. The van der Waals surface area contributed by atoms with Crippen molar-refractivity contribution in [3.63, 3.8) is 0 Å². The van der Waals surface area contributed by atoms with Crippen LogP contribution in [0.25, 0.3) is 0 Å². The molecule has 0 bridgehead atoms. The molecule has 1 N–H and O–H groups in total. The zero-order chi connectivity index (χ0) is 12.3. The van der Waals surface area contributed by atoms with Gasteiger partial charge in [-0.1, -0.05) is 25.7 Å². The number of hydrogen-bond acceptors (Lipinski definition) is 2. The zero-order valence-electron chi connectivity index (χ0n) is 10.2. The average molecular weight is 237 g/mol. The molecule has 1 atom stereocenters. The second kappa shape index (κ2) is 5.61. The number of rotatable bonds is 5. The van der Waals surface area contributed by atoms with Crippen molar-refractivity contribution < 1.29 is 9.13 Å². The van der Waals surface area contributed by atoms with E-state index in [2.05, 4.69) is 18.5 Å². The summed E-state index contributed by atoms with van der Waals surface area (Å²) in [4.78, 5) is 0. The molecule has 3 heteroatoms. The van der Waals surface area contributed by atoms with Crippen molar-refractivity contribution in [1.82, 2.24) is 5.32 Å². The van der Waals surface area contributed by atoms with E-state index in [-0.39, 0.29) is 11.9 Å². The Morgan fingerprint density at radius 2 is 2.29 bits per heavy atom. The van der Waals surface area contributed by atoms with Crippen LogP contribution in [0, 0.1) is 0 Å². The smallest absolute Gasteiger partial charge is 0.122 e. The molecule has 0 unspecified atom stereocenters. The van der Waals surface area contributed by atoms with Crippen molar-refractivity contribution in [3.05, 3.63) is 36.2 Å². The van der Waals surface area contributed by atoms with Gasteiger partial charge in [-0.3, -0.25) is 0 Å². The molecule has 1 fully saturated rings. The molecule has 1 aliphatic carbocycles. The molecular weight excluding hydrogens is 217 g/mol. The molecule has 0 amide bonds. The lowest BCUT2D eigenvalue weighted by Crippen LogP contribution is -2.42. The normalized spacial score (nSPS) is 25.6. The molecule has 1 aliphatic heterocycles. The van der Waals surface area contributed by atoms with Crippen LogP contribution in [-0.2, 0) is 4.74 Å². The van der Waals surface area contributed by atoms with Crippen LogP contribution in [-0.4, -0.2) is 25.3 Å². The number of allylic oxidation sites excluding steroid dienone is 1. The van der Waals surface area contributed by atoms with Crippen molar-refractivity contribution >= 4 is 0 Å². The standard InChI is InChI=1S/C14H20FNO/c1-3-11-7-8-17-13(14(11)10(2)15)9-16-12-5-4-6-12/h3,12-13,16H,1-2,4-9H2/t13-/m1/s1. The quantitative estimate of drug-likeness (QED) is 0.794. The molecule has 17 heavy (non-hydrogen) atoms.